The van der Waals surface area contributed by atoms with E-state index >= 15 is 0 Å². The summed E-state index contributed by atoms with van der Waals surface area (Å²) in [6.45, 7) is 1.65. The third-order valence-electron chi connectivity index (χ3n) is 1.89. The minimum absolute atomic E-state index is 0.307. The van der Waals surface area contributed by atoms with E-state index in [2.05, 4.69) is 9.97 Å². The first-order chi connectivity index (χ1) is 6.74. The van der Waals surface area contributed by atoms with Crippen LogP contribution in [0.25, 0.3) is 0 Å². The molecule has 5 nitrogen and oxygen atoms in total. The number of nitrogens with zero attached hydrogens (tertiary/aromatic N) is 3. The molecule has 0 spiro atoms. The van der Waals surface area contributed by atoms with Gasteiger partial charge in [-0.15, -0.1) is 0 Å². The predicted molar refractivity (Wildman–Crippen MR) is 56.2 cm³/mol. The van der Waals surface area contributed by atoms with Crippen LogP contribution in [0.4, 0.5) is 11.8 Å². The van der Waals surface area contributed by atoms with Gasteiger partial charge in [0.1, 0.15) is 5.82 Å². The molecule has 0 atom stereocenters. The molecule has 0 saturated heterocycles. The summed E-state index contributed by atoms with van der Waals surface area (Å²) in [4.78, 5) is 9.96. The van der Waals surface area contributed by atoms with Crippen molar-refractivity contribution in [3.8, 4) is 0 Å². The molecule has 0 saturated carbocycles. The van der Waals surface area contributed by atoms with E-state index in [1.165, 1.54) is 0 Å². The van der Waals surface area contributed by atoms with E-state index < -0.39 is 0 Å². The Balaban J connectivity index is 2.47. The lowest BCUT2D eigenvalue weighted by atomic mass is 10.4. The van der Waals surface area contributed by atoms with Crippen LogP contribution in [0.2, 0.25) is 0 Å². The zero-order valence-corrected chi connectivity index (χ0v) is 8.60. The number of methoxy groups -OCH3 is 1. The fourth-order valence-corrected chi connectivity index (χ4v) is 1.14. The van der Waals surface area contributed by atoms with Crippen LogP contribution in [0.15, 0.2) is 12.3 Å². The zero-order valence-electron chi connectivity index (χ0n) is 8.60. The van der Waals surface area contributed by atoms with Crippen molar-refractivity contribution < 1.29 is 4.74 Å². The Hall–Kier alpha value is -1.36. The maximum atomic E-state index is 5.48. The maximum absolute atomic E-state index is 5.48. The lowest BCUT2D eigenvalue weighted by Crippen LogP contribution is -2.21. The van der Waals surface area contributed by atoms with E-state index in [0.717, 1.165) is 25.4 Å². The molecule has 1 rings (SSSR count). The SMILES string of the molecule is COCCCN(C)c1ccnc(N)n1. The average molecular weight is 196 g/mol. The molecule has 1 aromatic rings. The van der Waals surface area contributed by atoms with E-state index in [4.69, 9.17) is 10.5 Å². The maximum Gasteiger partial charge on any atom is 0.221 e. The summed E-state index contributed by atoms with van der Waals surface area (Å²) >= 11 is 0. The first-order valence-electron chi connectivity index (χ1n) is 4.52. The minimum Gasteiger partial charge on any atom is -0.385 e. The molecule has 0 amide bonds. The topological polar surface area (TPSA) is 64.3 Å². The molecule has 0 radical (unpaired) electrons. The highest BCUT2D eigenvalue weighted by Crippen LogP contribution is 2.08. The van der Waals surface area contributed by atoms with Crippen molar-refractivity contribution in [1.29, 1.82) is 0 Å². The molecule has 5 heteroatoms. The van der Waals surface area contributed by atoms with Crippen LogP contribution in [0.1, 0.15) is 6.42 Å². The molecule has 14 heavy (non-hydrogen) atoms. The number of ether oxygens (including phenoxy) is 1. The van der Waals surface area contributed by atoms with Gasteiger partial charge in [0.05, 0.1) is 0 Å². The van der Waals surface area contributed by atoms with Crippen LogP contribution in [0.5, 0.6) is 0 Å². The number of aromatic nitrogens is 2. The van der Waals surface area contributed by atoms with E-state index in [9.17, 15) is 0 Å². The zero-order chi connectivity index (χ0) is 10.4. The minimum atomic E-state index is 0.307. The van der Waals surface area contributed by atoms with Gasteiger partial charge >= 0.3 is 0 Å². The van der Waals surface area contributed by atoms with Crippen molar-refractivity contribution >= 4 is 11.8 Å². The second-order valence-electron chi connectivity index (χ2n) is 3.04. The van der Waals surface area contributed by atoms with Gasteiger partial charge in [0.2, 0.25) is 5.95 Å². The first kappa shape index (κ1) is 10.7. The second kappa shape index (κ2) is 5.39. The van der Waals surface area contributed by atoms with Crippen LogP contribution >= 0.6 is 0 Å². The number of rotatable bonds is 5. The van der Waals surface area contributed by atoms with Gasteiger partial charge in [-0.1, -0.05) is 0 Å². The molecule has 78 valence electrons. The number of hydrogen-bond donors (Lipinski definition) is 1. The normalized spacial score (nSPS) is 10.1. The van der Waals surface area contributed by atoms with E-state index in [-0.39, 0.29) is 0 Å². The fourth-order valence-electron chi connectivity index (χ4n) is 1.14. The Bertz CT molecular complexity index is 279. The summed E-state index contributed by atoms with van der Waals surface area (Å²) < 4.78 is 4.97. The highest BCUT2D eigenvalue weighted by Gasteiger charge is 2.01. The van der Waals surface area contributed by atoms with Crippen molar-refractivity contribution in [2.45, 2.75) is 6.42 Å². The van der Waals surface area contributed by atoms with Crippen molar-refractivity contribution in [1.82, 2.24) is 9.97 Å². The number of hydrogen-bond acceptors (Lipinski definition) is 5. The molecule has 0 bridgehead atoms. The largest absolute Gasteiger partial charge is 0.385 e. The monoisotopic (exact) mass is 196 g/mol. The van der Waals surface area contributed by atoms with Gasteiger partial charge in [0.25, 0.3) is 0 Å². The summed E-state index contributed by atoms with van der Waals surface area (Å²) in [5, 5.41) is 0. The summed E-state index contributed by atoms with van der Waals surface area (Å²) in [5.41, 5.74) is 5.48. The molecule has 0 aliphatic carbocycles. The lowest BCUT2D eigenvalue weighted by Gasteiger charge is -2.17. The van der Waals surface area contributed by atoms with E-state index in [0.29, 0.717) is 5.95 Å². The molecule has 1 aromatic heterocycles. The van der Waals surface area contributed by atoms with Crippen molar-refractivity contribution in [3.63, 3.8) is 0 Å². The summed E-state index contributed by atoms with van der Waals surface area (Å²) in [7, 11) is 3.67. The number of nitrogen functional groups attached to an aromatic ring is 1. The Morgan fingerprint density at radius 3 is 3.00 bits per heavy atom. The van der Waals surface area contributed by atoms with Gasteiger partial charge in [0, 0.05) is 33.5 Å². The highest BCUT2D eigenvalue weighted by atomic mass is 16.5. The molecule has 0 aliphatic heterocycles. The van der Waals surface area contributed by atoms with Crippen LogP contribution in [-0.4, -0.2) is 37.3 Å². The molecule has 0 fully saturated rings. The first-order valence-corrected chi connectivity index (χ1v) is 4.52. The quantitative estimate of drug-likeness (QED) is 0.696. The van der Waals surface area contributed by atoms with Crippen LogP contribution in [-0.2, 0) is 4.74 Å². The molecule has 0 aromatic carbocycles. The Morgan fingerprint density at radius 2 is 2.36 bits per heavy atom. The standard InChI is InChI=1S/C9H16N4O/c1-13(6-3-7-14-2)8-4-5-11-9(10)12-8/h4-5H,3,6-7H2,1-2H3,(H2,10,11,12). The van der Waals surface area contributed by atoms with Gasteiger partial charge in [0.15, 0.2) is 0 Å². The molecule has 1 heterocycles. The molecule has 2 N–H and O–H groups in total. The smallest absolute Gasteiger partial charge is 0.221 e. The summed E-state index contributed by atoms with van der Waals surface area (Å²) in [6.07, 6.45) is 2.63. The lowest BCUT2D eigenvalue weighted by molar-refractivity contribution is 0.196. The van der Waals surface area contributed by atoms with Gasteiger partial charge in [-0.05, 0) is 12.5 Å². The summed E-state index contributed by atoms with van der Waals surface area (Å²) in [5.74, 6) is 1.15. The molecule has 0 unspecified atom stereocenters. The third kappa shape index (κ3) is 3.18. The predicted octanol–water partition coefficient (Wildman–Crippen LogP) is 0.531. The molecule has 0 aliphatic rings. The number of nitrogens with two attached hydrogens (primary N) is 1. The number of anilines is 2. The van der Waals surface area contributed by atoms with Crippen LogP contribution < -0.4 is 10.6 Å². The van der Waals surface area contributed by atoms with Crippen molar-refractivity contribution in [2.75, 3.05) is 37.9 Å². The highest BCUT2D eigenvalue weighted by molar-refractivity contribution is 5.39. The van der Waals surface area contributed by atoms with Gasteiger partial charge < -0.3 is 15.4 Å². The molecular formula is C9H16N4O. The van der Waals surface area contributed by atoms with Crippen molar-refractivity contribution in [3.05, 3.63) is 12.3 Å². The average Bonchev–Trinajstić information content (AvgIpc) is 2.18. The Kier molecular flexibility index (Phi) is 4.12. The van der Waals surface area contributed by atoms with E-state index in [1.807, 2.05) is 18.0 Å². The Morgan fingerprint density at radius 1 is 1.57 bits per heavy atom. The van der Waals surface area contributed by atoms with Crippen LogP contribution in [0.3, 0.4) is 0 Å². The van der Waals surface area contributed by atoms with Gasteiger partial charge in [-0.25, -0.2) is 4.98 Å². The van der Waals surface area contributed by atoms with Gasteiger partial charge in [-0.3, -0.25) is 0 Å². The fraction of sp³-hybridized carbons (Fsp3) is 0.556. The van der Waals surface area contributed by atoms with Gasteiger partial charge in [-0.2, -0.15) is 4.98 Å². The van der Waals surface area contributed by atoms with E-state index in [1.54, 1.807) is 13.3 Å². The summed E-state index contributed by atoms with van der Waals surface area (Å²) in [6, 6.07) is 1.84. The van der Waals surface area contributed by atoms with Crippen LogP contribution in [0, 0.1) is 0 Å². The Labute approximate surface area is 83.9 Å². The third-order valence-corrected chi connectivity index (χ3v) is 1.89. The molecular weight excluding hydrogens is 180 g/mol. The second-order valence-corrected chi connectivity index (χ2v) is 3.04. The van der Waals surface area contributed by atoms with Crippen molar-refractivity contribution in [2.24, 2.45) is 0 Å².